The molecule has 0 rings (SSSR count). The van der Waals surface area contributed by atoms with Gasteiger partial charge in [0.2, 0.25) is 0 Å². The fourth-order valence-corrected chi connectivity index (χ4v) is 4.60. The van der Waals surface area contributed by atoms with E-state index in [0.29, 0.717) is 6.42 Å². The summed E-state index contributed by atoms with van der Waals surface area (Å²) in [5.41, 5.74) is 0. The van der Waals surface area contributed by atoms with Gasteiger partial charge in [0.1, 0.15) is 6.10 Å². The molecule has 0 aromatic rings. The molecule has 0 aliphatic carbocycles. The van der Waals surface area contributed by atoms with Gasteiger partial charge in [0.15, 0.2) is 0 Å². The van der Waals surface area contributed by atoms with Crippen molar-refractivity contribution in [2.75, 3.05) is 5.75 Å². The molecule has 5 nitrogen and oxygen atoms in total. The van der Waals surface area contributed by atoms with E-state index < -0.39 is 27.9 Å². The SMILES string of the molecule is CCCCCCCCCCCCCCCCCCCCC(CS(=O)(=O)[O-])OC(C)=O.[Na+]. The Balaban J connectivity index is 0. The summed E-state index contributed by atoms with van der Waals surface area (Å²) in [6.45, 7) is 3.50. The smallest absolute Gasteiger partial charge is 0.748 e. The summed E-state index contributed by atoms with van der Waals surface area (Å²) in [5.74, 6) is -1.16. The van der Waals surface area contributed by atoms with Gasteiger partial charge in [-0.05, 0) is 12.8 Å². The Labute approximate surface area is 214 Å². The van der Waals surface area contributed by atoms with Crippen molar-refractivity contribution >= 4 is 16.1 Å². The number of hydrogen-bond donors (Lipinski definition) is 0. The van der Waals surface area contributed by atoms with E-state index in [9.17, 15) is 17.8 Å². The van der Waals surface area contributed by atoms with E-state index in [-0.39, 0.29) is 29.6 Å². The van der Waals surface area contributed by atoms with Crippen LogP contribution in [0, 0.1) is 0 Å². The molecule has 0 fully saturated rings. The molecule has 7 heteroatoms. The quantitative estimate of drug-likeness (QED) is 0.104. The summed E-state index contributed by atoms with van der Waals surface area (Å²) in [7, 11) is -4.37. The van der Waals surface area contributed by atoms with E-state index in [1.54, 1.807) is 0 Å². The number of carbonyl (C=O) groups is 1. The predicted octanol–water partition coefficient (Wildman–Crippen LogP) is 3.90. The Kier molecular flexibility index (Phi) is 25.5. The van der Waals surface area contributed by atoms with Crippen molar-refractivity contribution in [3.05, 3.63) is 0 Å². The first-order valence-electron chi connectivity index (χ1n) is 12.5. The molecule has 0 aromatic carbocycles. The van der Waals surface area contributed by atoms with Crippen LogP contribution in [0.5, 0.6) is 0 Å². The van der Waals surface area contributed by atoms with E-state index in [4.69, 9.17) is 4.74 Å². The maximum Gasteiger partial charge on any atom is 1.00 e. The topological polar surface area (TPSA) is 83.5 Å². The Morgan fingerprint density at radius 2 is 1.03 bits per heavy atom. The Bertz CT molecular complexity index is 496. The monoisotopic (exact) mass is 470 g/mol. The molecule has 0 saturated heterocycles. The van der Waals surface area contributed by atoms with Crippen molar-refractivity contribution < 1.29 is 52.1 Å². The van der Waals surface area contributed by atoms with Gasteiger partial charge >= 0.3 is 35.5 Å². The summed E-state index contributed by atoms with van der Waals surface area (Å²) in [6, 6.07) is 0. The van der Waals surface area contributed by atoms with Crippen LogP contribution >= 0.6 is 0 Å². The Morgan fingerprint density at radius 3 is 1.32 bits per heavy atom. The van der Waals surface area contributed by atoms with Crippen LogP contribution in [-0.4, -0.2) is 30.8 Å². The third kappa shape index (κ3) is 28.3. The van der Waals surface area contributed by atoms with Crippen LogP contribution in [0.1, 0.15) is 136 Å². The number of rotatable bonds is 22. The van der Waals surface area contributed by atoms with E-state index in [2.05, 4.69) is 6.92 Å². The molecule has 0 aliphatic heterocycles. The van der Waals surface area contributed by atoms with Crippen molar-refractivity contribution in [1.29, 1.82) is 0 Å². The van der Waals surface area contributed by atoms with Crippen molar-refractivity contribution in [2.45, 2.75) is 142 Å². The van der Waals surface area contributed by atoms with Crippen LogP contribution in [0.4, 0.5) is 0 Å². The molecule has 1 unspecified atom stereocenters. The molecule has 0 heterocycles. The summed E-state index contributed by atoms with van der Waals surface area (Å²) in [6.07, 6.45) is 22.9. The van der Waals surface area contributed by atoms with E-state index >= 15 is 0 Å². The number of esters is 1. The van der Waals surface area contributed by atoms with Crippen LogP contribution in [0.2, 0.25) is 0 Å². The normalized spacial score (nSPS) is 12.4. The van der Waals surface area contributed by atoms with Gasteiger partial charge in [0.25, 0.3) is 0 Å². The third-order valence-corrected chi connectivity index (χ3v) is 6.38. The van der Waals surface area contributed by atoms with E-state index in [0.717, 1.165) is 19.3 Å². The van der Waals surface area contributed by atoms with Gasteiger partial charge in [0, 0.05) is 6.92 Å². The third-order valence-electron chi connectivity index (χ3n) is 5.60. The van der Waals surface area contributed by atoms with Gasteiger partial charge < -0.3 is 9.29 Å². The Morgan fingerprint density at radius 1 is 0.710 bits per heavy atom. The molecule has 0 saturated carbocycles. The van der Waals surface area contributed by atoms with Crippen LogP contribution in [-0.2, 0) is 19.6 Å². The van der Waals surface area contributed by atoms with Crippen LogP contribution in [0.15, 0.2) is 0 Å². The summed E-state index contributed by atoms with van der Waals surface area (Å²) in [4.78, 5) is 11.0. The minimum atomic E-state index is -4.37. The molecule has 31 heavy (non-hydrogen) atoms. The molecule has 0 bridgehead atoms. The second-order valence-electron chi connectivity index (χ2n) is 8.75. The number of ether oxygens (including phenoxy) is 1. The molecule has 0 amide bonds. The minimum Gasteiger partial charge on any atom is -0.748 e. The minimum absolute atomic E-state index is 0. The fourth-order valence-electron chi connectivity index (χ4n) is 3.91. The zero-order valence-electron chi connectivity index (χ0n) is 20.7. The van der Waals surface area contributed by atoms with Gasteiger partial charge in [-0.2, -0.15) is 0 Å². The summed E-state index contributed by atoms with van der Waals surface area (Å²) >= 11 is 0. The van der Waals surface area contributed by atoms with Gasteiger partial charge in [-0.25, -0.2) is 8.42 Å². The second-order valence-corrected chi connectivity index (χ2v) is 10.2. The first-order valence-corrected chi connectivity index (χ1v) is 14.0. The van der Waals surface area contributed by atoms with Crippen molar-refractivity contribution in [3.8, 4) is 0 Å². The van der Waals surface area contributed by atoms with E-state index in [1.165, 1.54) is 103 Å². The maximum absolute atomic E-state index is 11.0. The average Bonchev–Trinajstić information content (AvgIpc) is 2.65. The van der Waals surface area contributed by atoms with Gasteiger partial charge in [-0.15, -0.1) is 0 Å². The molecular weight excluding hydrogens is 423 g/mol. The first kappa shape index (κ1) is 33.6. The molecule has 0 radical (unpaired) electrons. The fraction of sp³-hybridized carbons (Fsp3) is 0.958. The first-order chi connectivity index (χ1) is 14.3. The molecule has 180 valence electrons. The second kappa shape index (κ2) is 23.5. The molecule has 0 spiro atoms. The Hall–Kier alpha value is 0.380. The van der Waals surface area contributed by atoms with Gasteiger partial charge in [0.05, 0.1) is 15.9 Å². The molecular formula is C24H47NaO5S. The average molecular weight is 471 g/mol. The maximum atomic E-state index is 11.0. The number of carbonyl (C=O) groups excluding carboxylic acids is 1. The summed E-state index contributed by atoms with van der Waals surface area (Å²) in [5, 5.41) is 0. The molecule has 0 aliphatic rings. The summed E-state index contributed by atoms with van der Waals surface area (Å²) < 4.78 is 37.5. The zero-order valence-corrected chi connectivity index (χ0v) is 23.5. The van der Waals surface area contributed by atoms with Crippen LogP contribution in [0.3, 0.4) is 0 Å². The predicted molar refractivity (Wildman–Crippen MR) is 124 cm³/mol. The molecule has 0 N–H and O–H groups in total. The van der Waals surface area contributed by atoms with Crippen molar-refractivity contribution in [2.24, 2.45) is 0 Å². The van der Waals surface area contributed by atoms with Gasteiger partial charge in [-0.3, -0.25) is 4.79 Å². The standard InChI is InChI=1S/C24H48O5S.Na/c1-3-4-5-6-7-8-9-10-11-12-13-14-15-16-17-18-19-20-21-24(29-23(2)25)22-30(26,27)28;/h24H,3-22H2,1-2H3,(H,26,27,28);/q;+1/p-1. The van der Waals surface area contributed by atoms with Crippen LogP contribution in [0.25, 0.3) is 0 Å². The molecule has 0 aromatic heterocycles. The molecule has 1 atom stereocenters. The van der Waals surface area contributed by atoms with Crippen molar-refractivity contribution in [3.63, 3.8) is 0 Å². The van der Waals surface area contributed by atoms with Crippen LogP contribution < -0.4 is 29.6 Å². The van der Waals surface area contributed by atoms with Gasteiger partial charge in [-0.1, -0.05) is 116 Å². The van der Waals surface area contributed by atoms with E-state index in [1.807, 2.05) is 0 Å². The largest absolute Gasteiger partial charge is 1.00 e. The van der Waals surface area contributed by atoms with Crippen molar-refractivity contribution in [1.82, 2.24) is 0 Å². The number of hydrogen-bond acceptors (Lipinski definition) is 5. The zero-order chi connectivity index (χ0) is 22.5. The number of unbranched alkanes of at least 4 members (excludes halogenated alkanes) is 17.